The van der Waals surface area contributed by atoms with E-state index in [4.69, 9.17) is 0 Å². The standard InChI is InChI=1S/C7H5NO3S.BrH/c9-7-5-3-1-2-4-6(5)12(10,11)8-7;/h1-4H,(H,8,9);1H. The average Bonchev–Trinajstić information content (AvgIpc) is 2.25. The van der Waals surface area contributed by atoms with Crippen molar-refractivity contribution in [2.24, 2.45) is 0 Å². The van der Waals surface area contributed by atoms with E-state index < -0.39 is 15.9 Å². The number of carbonyl (C=O) groups excluding carboxylic acids is 1. The Hall–Kier alpha value is -0.880. The zero-order valence-electron chi connectivity index (χ0n) is 6.35. The summed E-state index contributed by atoms with van der Waals surface area (Å²) in [6, 6.07) is 6.09. The maximum Gasteiger partial charge on any atom is 0.266 e. The summed E-state index contributed by atoms with van der Waals surface area (Å²) in [4.78, 5) is 11.1. The van der Waals surface area contributed by atoms with E-state index in [2.05, 4.69) is 0 Å². The Morgan fingerprint density at radius 3 is 2.38 bits per heavy atom. The van der Waals surface area contributed by atoms with Gasteiger partial charge in [-0.1, -0.05) is 12.1 Å². The molecule has 1 amide bonds. The minimum absolute atomic E-state index is 0. The highest BCUT2D eigenvalue weighted by Gasteiger charge is 2.31. The summed E-state index contributed by atoms with van der Waals surface area (Å²) in [7, 11) is -3.55. The molecule has 1 aromatic rings. The quantitative estimate of drug-likeness (QED) is 0.750. The molecular formula is C7H6BrNO3S. The Morgan fingerprint density at radius 2 is 1.77 bits per heavy atom. The van der Waals surface area contributed by atoms with Gasteiger partial charge in [-0.3, -0.25) is 4.79 Å². The first-order valence-electron chi connectivity index (χ1n) is 3.27. The van der Waals surface area contributed by atoms with Gasteiger partial charge in [-0.2, -0.15) is 0 Å². The second-order valence-corrected chi connectivity index (χ2v) is 4.08. The first-order valence-corrected chi connectivity index (χ1v) is 4.76. The molecule has 6 heteroatoms. The van der Waals surface area contributed by atoms with E-state index in [-0.39, 0.29) is 27.4 Å². The van der Waals surface area contributed by atoms with Gasteiger partial charge in [-0.15, -0.1) is 17.0 Å². The Labute approximate surface area is 85.8 Å². The molecule has 0 unspecified atom stereocenters. The first kappa shape index (κ1) is 10.2. The van der Waals surface area contributed by atoms with Crippen LogP contribution in [0.1, 0.15) is 10.4 Å². The molecule has 0 aromatic heterocycles. The number of amides is 1. The van der Waals surface area contributed by atoms with E-state index >= 15 is 0 Å². The smallest absolute Gasteiger partial charge is 0.266 e. The van der Waals surface area contributed by atoms with Crippen LogP contribution in [0.25, 0.3) is 0 Å². The van der Waals surface area contributed by atoms with Crippen LogP contribution in [-0.2, 0) is 10.0 Å². The number of halogens is 1. The molecule has 1 N–H and O–H groups in total. The van der Waals surface area contributed by atoms with Gasteiger partial charge in [0.25, 0.3) is 15.9 Å². The van der Waals surface area contributed by atoms with E-state index in [0.717, 1.165) is 0 Å². The monoisotopic (exact) mass is 263 g/mol. The normalized spacial score (nSPS) is 17.1. The largest absolute Gasteiger partial charge is 0.268 e. The predicted octanol–water partition coefficient (Wildman–Crippen LogP) is 0.697. The minimum Gasteiger partial charge on any atom is -0.268 e. The Morgan fingerprint density at radius 1 is 1.15 bits per heavy atom. The summed E-state index contributed by atoms with van der Waals surface area (Å²) in [6.07, 6.45) is 0. The molecule has 0 radical (unpaired) electrons. The fourth-order valence-electron chi connectivity index (χ4n) is 1.12. The third-order valence-corrected chi connectivity index (χ3v) is 3.04. The molecule has 70 valence electrons. The second kappa shape index (κ2) is 3.12. The van der Waals surface area contributed by atoms with Crippen LogP contribution < -0.4 is 4.72 Å². The van der Waals surface area contributed by atoms with Crippen LogP contribution in [0.5, 0.6) is 0 Å². The van der Waals surface area contributed by atoms with E-state index in [0.29, 0.717) is 0 Å². The van der Waals surface area contributed by atoms with Crippen LogP contribution >= 0.6 is 17.0 Å². The molecule has 1 aliphatic rings. The molecule has 2 rings (SSSR count). The Balaban J connectivity index is 0.000000845. The molecular weight excluding hydrogens is 258 g/mol. The molecule has 1 heterocycles. The lowest BCUT2D eigenvalue weighted by Gasteiger charge is -1.91. The number of benzene rings is 1. The van der Waals surface area contributed by atoms with Crippen molar-refractivity contribution in [1.29, 1.82) is 0 Å². The molecule has 1 aliphatic heterocycles. The van der Waals surface area contributed by atoms with Gasteiger partial charge in [0.05, 0.1) is 5.56 Å². The van der Waals surface area contributed by atoms with E-state index in [1.54, 1.807) is 12.1 Å². The van der Waals surface area contributed by atoms with Gasteiger partial charge in [0.15, 0.2) is 0 Å². The van der Waals surface area contributed by atoms with Gasteiger partial charge < -0.3 is 0 Å². The molecule has 0 saturated carbocycles. The van der Waals surface area contributed by atoms with Gasteiger partial charge in [0.1, 0.15) is 4.90 Å². The highest BCUT2D eigenvalue weighted by atomic mass is 79.9. The number of sulfonamides is 1. The lowest BCUT2D eigenvalue weighted by molar-refractivity contribution is 0.0985. The summed E-state index contributed by atoms with van der Waals surface area (Å²) in [5.41, 5.74) is 0.220. The molecule has 0 aliphatic carbocycles. The summed E-state index contributed by atoms with van der Waals surface area (Å²) in [5, 5.41) is 0. The summed E-state index contributed by atoms with van der Waals surface area (Å²) in [6.45, 7) is 0. The maximum atomic E-state index is 11.1. The Bertz CT molecular complexity index is 455. The number of nitrogens with one attached hydrogen (secondary N) is 1. The average molecular weight is 264 g/mol. The highest BCUT2D eigenvalue weighted by Crippen LogP contribution is 2.20. The van der Waals surface area contributed by atoms with Crippen molar-refractivity contribution in [3.8, 4) is 0 Å². The summed E-state index contributed by atoms with van der Waals surface area (Å²) in [5.74, 6) is -0.550. The van der Waals surface area contributed by atoms with Gasteiger partial charge in [-0.25, -0.2) is 13.1 Å². The lowest BCUT2D eigenvalue weighted by atomic mass is 10.2. The van der Waals surface area contributed by atoms with Crippen LogP contribution in [0.4, 0.5) is 0 Å². The predicted molar refractivity (Wildman–Crippen MR) is 51.4 cm³/mol. The van der Waals surface area contributed by atoms with Crippen molar-refractivity contribution in [3.05, 3.63) is 29.8 Å². The summed E-state index contributed by atoms with van der Waals surface area (Å²) >= 11 is 0. The number of fused-ring (bicyclic) bond motifs is 1. The number of hydrogen-bond acceptors (Lipinski definition) is 3. The number of carbonyl (C=O) groups is 1. The molecule has 0 atom stereocenters. The molecule has 13 heavy (non-hydrogen) atoms. The van der Waals surface area contributed by atoms with E-state index in [9.17, 15) is 13.2 Å². The molecule has 1 aromatic carbocycles. The van der Waals surface area contributed by atoms with Crippen LogP contribution in [0.15, 0.2) is 29.2 Å². The van der Waals surface area contributed by atoms with Crippen molar-refractivity contribution in [2.75, 3.05) is 0 Å². The van der Waals surface area contributed by atoms with Crippen molar-refractivity contribution in [1.82, 2.24) is 4.72 Å². The SMILES string of the molecule is Br.O=C1NS(=O)(=O)c2ccccc21. The fourth-order valence-corrected chi connectivity index (χ4v) is 2.29. The molecule has 4 nitrogen and oxygen atoms in total. The van der Waals surface area contributed by atoms with Crippen LogP contribution in [0.3, 0.4) is 0 Å². The topological polar surface area (TPSA) is 63.2 Å². The molecule has 0 spiro atoms. The molecule has 0 fully saturated rings. The zero-order chi connectivity index (χ0) is 8.77. The van der Waals surface area contributed by atoms with E-state index in [1.807, 2.05) is 4.72 Å². The van der Waals surface area contributed by atoms with Crippen molar-refractivity contribution in [2.45, 2.75) is 4.90 Å². The van der Waals surface area contributed by atoms with Crippen molar-refractivity contribution in [3.63, 3.8) is 0 Å². The molecule has 0 saturated heterocycles. The van der Waals surface area contributed by atoms with Crippen molar-refractivity contribution >= 4 is 32.9 Å². The van der Waals surface area contributed by atoms with Gasteiger partial charge in [0, 0.05) is 0 Å². The third-order valence-electron chi connectivity index (χ3n) is 1.65. The zero-order valence-corrected chi connectivity index (χ0v) is 8.88. The third kappa shape index (κ3) is 1.47. The number of hydrogen-bond donors (Lipinski definition) is 1. The summed E-state index contributed by atoms with van der Waals surface area (Å²) < 4.78 is 24.2. The van der Waals surface area contributed by atoms with Crippen molar-refractivity contribution < 1.29 is 13.2 Å². The van der Waals surface area contributed by atoms with E-state index in [1.165, 1.54) is 12.1 Å². The van der Waals surface area contributed by atoms with Crippen LogP contribution in [0.2, 0.25) is 0 Å². The highest BCUT2D eigenvalue weighted by molar-refractivity contribution is 8.93. The minimum atomic E-state index is -3.55. The van der Waals surface area contributed by atoms with Gasteiger partial charge in [0.2, 0.25) is 0 Å². The van der Waals surface area contributed by atoms with Gasteiger partial charge >= 0.3 is 0 Å². The fraction of sp³-hybridized carbons (Fsp3) is 0. The number of rotatable bonds is 0. The maximum absolute atomic E-state index is 11.1. The molecule has 0 bridgehead atoms. The van der Waals surface area contributed by atoms with Gasteiger partial charge in [-0.05, 0) is 12.1 Å². The van der Waals surface area contributed by atoms with Crippen LogP contribution in [-0.4, -0.2) is 14.3 Å². The van der Waals surface area contributed by atoms with Crippen LogP contribution in [0, 0.1) is 0 Å². The Kier molecular flexibility index (Phi) is 2.44. The first-order chi connectivity index (χ1) is 5.61. The lowest BCUT2D eigenvalue weighted by Crippen LogP contribution is -2.20. The second-order valence-electron chi connectivity index (χ2n) is 2.43.